The molecule has 0 saturated heterocycles. The SMILES string of the molecule is NS(=O)(=O)c1ccc(NC(=O)c2ccc(-c3cnc4ccc(-c5cnn(C(c6ccccc6)(c6ccccc6)c6ccccc6)c5)cn34)cc2F)cc1. The van der Waals surface area contributed by atoms with Gasteiger partial charge in [0.1, 0.15) is 17.0 Å². The summed E-state index contributed by atoms with van der Waals surface area (Å²) in [5.74, 6) is -1.42. The number of nitrogens with zero attached hydrogens (tertiary/aromatic N) is 4. The van der Waals surface area contributed by atoms with Crippen LogP contribution in [0.4, 0.5) is 10.1 Å². The predicted molar refractivity (Wildman–Crippen MR) is 202 cm³/mol. The van der Waals surface area contributed by atoms with Crippen molar-refractivity contribution in [1.29, 1.82) is 0 Å². The molecule has 260 valence electrons. The molecule has 3 heterocycles. The van der Waals surface area contributed by atoms with Crippen LogP contribution < -0.4 is 10.5 Å². The second-order valence-corrected chi connectivity index (χ2v) is 14.1. The van der Waals surface area contributed by atoms with E-state index < -0.39 is 27.3 Å². The monoisotopic (exact) mass is 718 g/mol. The molecule has 0 atom stereocenters. The van der Waals surface area contributed by atoms with Gasteiger partial charge in [-0.2, -0.15) is 5.10 Å². The van der Waals surface area contributed by atoms with Gasteiger partial charge in [0.2, 0.25) is 10.0 Å². The van der Waals surface area contributed by atoms with Gasteiger partial charge in [0.15, 0.2) is 0 Å². The van der Waals surface area contributed by atoms with Crippen LogP contribution in [0.2, 0.25) is 0 Å². The fourth-order valence-electron chi connectivity index (χ4n) is 6.74. The normalized spacial score (nSPS) is 11.8. The summed E-state index contributed by atoms with van der Waals surface area (Å²) in [7, 11) is -3.89. The third-order valence-electron chi connectivity index (χ3n) is 9.29. The standard InChI is InChI=1S/C42H31FN6O3S/c43-38-24-29(16-22-37(38)41(50)47-35-18-20-36(21-19-35)53(44,51)52)39-26-45-40-23-17-30(27-48(39)40)31-25-46-49(28-31)42(32-10-4-1-5-11-32,33-12-6-2-7-13-33)34-14-8-3-9-15-34/h1-28H,(H,47,50)(H2,44,51,52). The molecule has 0 aliphatic rings. The molecule has 0 saturated carbocycles. The number of carbonyl (C=O) groups excluding carboxylic acids is 1. The average molecular weight is 719 g/mol. The smallest absolute Gasteiger partial charge is 0.258 e. The fourth-order valence-corrected chi connectivity index (χ4v) is 7.26. The van der Waals surface area contributed by atoms with Gasteiger partial charge in [-0.3, -0.25) is 13.9 Å². The van der Waals surface area contributed by atoms with Gasteiger partial charge < -0.3 is 5.32 Å². The Kier molecular flexibility index (Phi) is 8.49. The Hall–Kier alpha value is -6.69. The number of aromatic nitrogens is 4. The van der Waals surface area contributed by atoms with E-state index in [-0.39, 0.29) is 16.1 Å². The molecule has 8 rings (SSSR count). The Labute approximate surface area is 304 Å². The lowest BCUT2D eigenvalue weighted by Crippen LogP contribution is -2.38. The molecule has 0 fully saturated rings. The van der Waals surface area contributed by atoms with Crippen LogP contribution in [-0.2, 0) is 15.6 Å². The number of anilines is 1. The van der Waals surface area contributed by atoms with E-state index in [4.69, 9.17) is 10.2 Å². The second kappa shape index (κ2) is 13.5. The molecule has 3 aromatic heterocycles. The summed E-state index contributed by atoms with van der Waals surface area (Å²) in [6.07, 6.45) is 7.49. The van der Waals surface area contributed by atoms with Crippen LogP contribution in [0.25, 0.3) is 28.0 Å². The van der Waals surface area contributed by atoms with E-state index in [1.807, 2.05) is 94.4 Å². The number of amides is 1. The Bertz CT molecular complexity index is 2600. The highest BCUT2D eigenvalue weighted by Gasteiger charge is 2.39. The largest absolute Gasteiger partial charge is 0.322 e. The molecule has 0 spiro atoms. The molecule has 8 aromatic rings. The third-order valence-corrected chi connectivity index (χ3v) is 10.2. The van der Waals surface area contributed by atoms with Gasteiger partial charge in [-0.15, -0.1) is 0 Å². The molecule has 11 heteroatoms. The van der Waals surface area contributed by atoms with Crippen molar-refractivity contribution in [2.75, 3.05) is 5.32 Å². The number of hydrogen-bond acceptors (Lipinski definition) is 5. The average Bonchev–Trinajstić information content (AvgIpc) is 3.84. The van der Waals surface area contributed by atoms with E-state index in [9.17, 15) is 13.2 Å². The molecule has 0 radical (unpaired) electrons. The fraction of sp³-hybridized carbons (Fsp3) is 0.0238. The van der Waals surface area contributed by atoms with Crippen LogP contribution in [0.15, 0.2) is 175 Å². The number of benzene rings is 5. The zero-order chi connectivity index (χ0) is 36.6. The molecule has 0 unspecified atom stereocenters. The minimum Gasteiger partial charge on any atom is -0.322 e. The number of pyridine rings is 1. The molecule has 3 N–H and O–H groups in total. The number of primary sulfonamides is 1. The van der Waals surface area contributed by atoms with Crippen LogP contribution >= 0.6 is 0 Å². The third kappa shape index (κ3) is 6.18. The van der Waals surface area contributed by atoms with Crippen molar-refractivity contribution >= 4 is 27.3 Å². The van der Waals surface area contributed by atoms with Gasteiger partial charge in [-0.25, -0.2) is 22.9 Å². The van der Waals surface area contributed by atoms with Gasteiger partial charge in [-0.1, -0.05) is 97.1 Å². The first kappa shape index (κ1) is 33.5. The molecular formula is C42H31FN6O3S. The Morgan fingerprint density at radius 3 is 1.83 bits per heavy atom. The predicted octanol–water partition coefficient (Wildman–Crippen LogP) is 7.74. The van der Waals surface area contributed by atoms with Crippen molar-refractivity contribution in [3.05, 3.63) is 198 Å². The molecular weight excluding hydrogens is 688 g/mol. The lowest BCUT2D eigenvalue weighted by molar-refractivity contribution is 0.102. The number of nitrogens with one attached hydrogen (secondary N) is 1. The number of hydrogen-bond donors (Lipinski definition) is 2. The van der Waals surface area contributed by atoms with Crippen LogP contribution in [-0.4, -0.2) is 33.5 Å². The molecule has 0 bridgehead atoms. The number of carbonyl (C=O) groups is 1. The highest BCUT2D eigenvalue weighted by molar-refractivity contribution is 7.89. The number of imidazole rings is 1. The maximum absolute atomic E-state index is 15.5. The van der Waals surface area contributed by atoms with E-state index in [1.165, 1.54) is 36.4 Å². The molecule has 0 aliphatic heterocycles. The number of sulfonamides is 1. The maximum atomic E-state index is 15.5. The van der Waals surface area contributed by atoms with Crippen molar-refractivity contribution in [3.8, 4) is 22.4 Å². The Morgan fingerprint density at radius 1 is 0.679 bits per heavy atom. The van der Waals surface area contributed by atoms with Gasteiger partial charge >= 0.3 is 0 Å². The van der Waals surface area contributed by atoms with E-state index in [0.29, 0.717) is 16.9 Å². The number of halogens is 1. The van der Waals surface area contributed by atoms with Crippen LogP contribution in [0.3, 0.4) is 0 Å². The molecule has 0 aliphatic carbocycles. The molecule has 53 heavy (non-hydrogen) atoms. The van der Waals surface area contributed by atoms with Crippen molar-refractivity contribution in [2.24, 2.45) is 5.14 Å². The first-order valence-corrected chi connectivity index (χ1v) is 18.2. The van der Waals surface area contributed by atoms with Crippen LogP contribution in [0.1, 0.15) is 27.0 Å². The quantitative estimate of drug-likeness (QED) is 0.148. The summed E-state index contributed by atoms with van der Waals surface area (Å²) in [4.78, 5) is 17.4. The van der Waals surface area contributed by atoms with E-state index >= 15 is 4.39 Å². The molecule has 9 nitrogen and oxygen atoms in total. The molecule has 5 aromatic carbocycles. The molecule has 1 amide bonds. The number of nitrogens with two attached hydrogens (primary N) is 1. The minimum absolute atomic E-state index is 0.101. The summed E-state index contributed by atoms with van der Waals surface area (Å²) in [5, 5.41) is 12.7. The van der Waals surface area contributed by atoms with E-state index in [0.717, 1.165) is 27.8 Å². The van der Waals surface area contributed by atoms with Crippen LogP contribution in [0, 0.1) is 5.82 Å². The second-order valence-electron chi connectivity index (χ2n) is 12.5. The number of rotatable bonds is 9. The first-order valence-electron chi connectivity index (χ1n) is 16.7. The Morgan fingerprint density at radius 2 is 1.26 bits per heavy atom. The Balaban J connectivity index is 1.14. The first-order chi connectivity index (χ1) is 25.7. The zero-order valence-corrected chi connectivity index (χ0v) is 28.9. The van der Waals surface area contributed by atoms with Gasteiger partial charge in [0, 0.05) is 34.8 Å². The number of fused-ring (bicyclic) bond motifs is 1. The van der Waals surface area contributed by atoms with Gasteiger partial charge in [0.25, 0.3) is 5.91 Å². The minimum atomic E-state index is -3.89. The summed E-state index contributed by atoms with van der Waals surface area (Å²) in [6, 6.07) is 44.5. The van der Waals surface area contributed by atoms with Gasteiger partial charge in [0.05, 0.1) is 28.5 Å². The summed E-state index contributed by atoms with van der Waals surface area (Å²) in [6.45, 7) is 0. The topological polar surface area (TPSA) is 124 Å². The summed E-state index contributed by atoms with van der Waals surface area (Å²) < 4.78 is 42.5. The maximum Gasteiger partial charge on any atom is 0.258 e. The van der Waals surface area contributed by atoms with E-state index in [2.05, 4.69) is 46.7 Å². The zero-order valence-electron chi connectivity index (χ0n) is 28.0. The van der Waals surface area contributed by atoms with Crippen molar-refractivity contribution < 1.29 is 17.6 Å². The van der Waals surface area contributed by atoms with Gasteiger partial charge in [-0.05, 0) is 65.2 Å². The van der Waals surface area contributed by atoms with E-state index in [1.54, 1.807) is 12.3 Å². The van der Waals surface area contributed by atoms with Crippen molar-refractivity contribution in [2.45, 2.75) is 10.4 Å². The highest BCUT2D eigenvalue weighted by Crippen LogP contribution is 2.41. The van der Waals surface area contributed by atoms with Crippen molar-refractivity contribution in [1.82, 2.24) is 19.2 Å². The highest BCUT2D eigenvalue weighted by atomic mass is 32.2. The lowest BCUT2D eigenvalue weighted by Gasteiger charge is -2.36. The lowest BCUT2D eigenvalue weighted by atomic mass is 9.77. The van der Waals surface area contributed by atoms with Crippen molar-refractivity contribution in [3.63, 3.8) is 0 Å². The summed E-state index contributed by atoms with van der Waals surface area (Å²) in [5.41, 5.74) is 6.06. The van der Waals surface area contributed by atoms with Crippen LogP contribution in [0.5, 0.6) is 0 Å². The summed E-state index contributed by atoms with van der Waals surface area (Å²) >= 11 is 0.